The van der Waals surface area contributed by atoms with Gasteiger partial charge in [0.1, 0.15) is 0 Å². The summed E-state index contributed by atoms with van der Waals surface area (Å²) in [6.45, 7) is 6.14. The molecule has 0 spiro atoms. The highest BCUT2D eigenvalue weighted by Crippen LogP contribution is 2.28. The molecule has 1 aromatic carbocycles. The molecule has 0 fully saturated rings. The normalized spacial score (nSPS) is 12.0. The average molecular weight is 384 g/mol. The summed E-state index contributed by atoms with van der Waals surface area (Å²) in [4.78, 5) is 13.4. The van der Waals surface area contributed by atoms with Crippen molar-refractivity contribution in [3.8, 4) is 11.3 Å². The van der Waals surface area contributed by atoms with Crippen LogP contribution in [0.4, 0.5) is 5.95 Å². The van der Waals surface area contributed by atoms with Gasteiger partial charge in [-0.05, 0) is 50.1 Å². The summed E-state index contributed by atoms with van der Waals surface area (Å²) in [6.07, 6.45) is 5.39. The first-order chi connectivity index (χ1) is 14.0. The minimum atomic E-state index is -0.0788. The minimum absolute atomic E-state index is 0.0788. The molecule has 0 amide bonds. The third kappa shape index (κ3) is 3.87. The number of nitrogens with one attached hydrogen (secondary N) is 1. The Kier molecular flexibility index (Phi) is 5.08. The number of benzene rings is 1. The number of hydrogen-bond donors (Lipinski definition) is 1. The number of pyridine rings is 1. The van der Waals surface area contributed by atoms with E-state index < -0.39 is 0 Å². The van der Waals surface area contributed by atoms with Crippen LogP contribution in [0, 0.1) is 20.8 Å². The Balaban J connectivity index is 1.72. The van der Waals surface area contributed by atoms with E-state index in [-0.39, 0.29) is 6.04 Å². The van der Waals surface area contributed by atoms with Crippen LogP contribution < -0.4 is 5.32 Å². The van der Waals surface area contributed by atoms with Crippen molar-refractivity contribution in [2.75, 3.05) is 5.32 Å². The third-order valence-corrected chi connectivity index (χ3v) is 5.14. The van der Waals surface area contributed by atoms with Gasteiger partial charge in [-0.15, -0.1) is 0 Å². The van der Waals surface area contributed by atoms with Crippen LogP contribution in [-0.4, -0.2) is 24.7 Å². The molecular weight excluding hydrogens is 360 g/mol. The second-order valence-corrected chi connectivity index (χ2v) is 7.20. The topological polar surface area (TPSA) is 68.5 Å². The van der Waals surface area contributed by atoms with Crippen molar-refractivity contribution in [2.24, 2.45) is 7.05 Å². The summed E-state index contributed by atoms with van der Waals surface area (Å²) in [6, 6.07) is 14.4. The fourth-order valence-corrected chi connectivity index (χ4v) is 3.51. The Morgan fingerprint density at radius 1 is 0.862 bits per heavy atom. The fraction of sp³-hybridized carbons (Fsp3) is 0.217. The minimum Gasteiger partial charge on any atom is -0.343 e. The van der Waals surface area contributed by atoms with E-state index >= 15 is 0 Å². The number of aromatic nitrogens is 5. The van der Waals surface area contributed by atoms with Gasteiger partial charge >= 0.3 is 0 Å². The average Bonchev–Trinajstić information content (AvgIpc) is 2.99. The van der Waals surface area contributed by atoms with Crippen molar-refractivity contribution in [1.82, 2.24) is 24.7 Å². The van der Waals surface area contributed by atoms with E-state index in [1.54, 1.807) is 18.6 Å². The molecule has 4 rings (SSSR count). The van der Waals surface area contributed by atoms with Crippen molar-refractivity contribution in [3.05, 3.63) is 89.1 Å². The van der Waals surface area contributed by atoms with E-state index in [0.29, 0.717) is 5.95 Å². The van der Waals surface area contributed by atoms with Gasteiger partial charge in [-0.3, -0.25) is 9.67 Å². The largest absolute Gasteiger partial charge is 0.343 e. The third-order valence-electron chi connectivity index (χ3n) is 5.14. The van der Waals surface area contributed by atoms with Crippen LogP contribution in [-0.2, 0) is 7.05 Å². The first kappa shape index (κ1) is 18.8. The molecule has 0 aliphatic heterocycles. The molecule has 0 radical (unpaired) electrons. The lowest BCUT2D eigenvalue weighted by Gasteiger charge is -2.20. The molecule has 1 unspecified atom stereocenters. The number of anilines is 1. The van der Waals surface area contributed by atoms with E-state index in [4.69, 9.17) is 4.98 Å². The van der Waals surface area contributed by atoms with Gasteiger partial charge in [-0.2, -0.15) is 5.10 Å². The highest BCUT2D eigenvalue weighted by molar-refractivity contribution is 5.65. The Morgan fingerprint density at radius 2 is 1.55 bits per heavy atom. The van der Waals surface area contributed by atoms with Gasteiger partial charge in [-0.1, -0.05) is 29.8 Å². The van der Waals surface area contributed by atoms with Crippen LogP contribution in [0.25, 0.3) is 11.3 Å². The van der Waals surface area contributed by atoms with E-state index in [1.807, 2.05) is 36.9 Å². The van der Waals surface area contributed by atoms with Gasteiger partial charge in [0.15, 0.2) is 0 Å². The Hall–Kier alpha value is -3.54. The van der Waals surface area contributed by atoms with E-state index in [1.165, 1.54) is 5.56 Å². The smallest absolute Gasteiger partial charge is 0.223 e. The maximum atomic E-state index is 4.80. The molecule has 29 heavy (non-hydrogen) atoms. The first-order valence-electron chi connectivity index (χ1n) is 9.59. The molecule has 1 atom stereocenters. The van der Waals surface area contributed by atoms with Crippen molar-refractivity contribution in [3.63, 3.8) is 0 Å². The van der Waals surface area contributed by atoms with E-state index in [2.05, 4.69) is 58.5 Å². The van der Waals surface area contributed by atoms with Crippen LogP contribution in [0.5, 0.6) is 0 Å². The van der Waals surface area contributed by atoms with Crippen molar-refractivity contribution in [1.29, 1.82) is 0 Å². The lowest BCUT2D eigenvalue weighted by Crippen LogP contribution is -2.14. The first-order valence-corrected chi connectivity index (χ1v) is 9.59. The molecule has 1 N–H and O–H groups in total. The quantitative estimate of drug-likeness (QED) is 0.552. The van der Waals surface area contributed by atoms with Gasteiger partial charge in [-0.25, -0.2) is 9.97 Å². The summed E-state index contributed by atoms with van der Waals surface area (Å²) < 4.78 is 1.88. The molecule has 146 valence electrons. The van der Waals surface area contributed by atoms with Crippen LogP contribution in [0.1, 0.15) is 34.1 Å². The molecule has 0 bridgehead atoms. The molecular formula is C23H24N6. The predicted octanol–water partition coefficient (Wildman–Crippen LogP) is 4.40. The van der Waals surface area contributed by atoms with Crippen molar-refractivity contribution in [2.45, 2.75) is 26.8 Å². The Labute approximate surface area is 170 Å². The van der Waals surface area contributed by atoms with Crippen LogP contribution >= 0.6 is 0 Å². The van der Waals surface area contributed by atoms with Gasteiger partial charge in [0.25, 0.3) is 0 Å². The second-order valence-electron chi connectivity index (χ2n) is 7.20. The summed E-state index contributed by atoms with van der Waals surface area (Å²) in [5.41, 5.74) is 7.42. The lowest BCUT2D eigenvalue weighted by molar-refractivity contribution is 0.731. The standard InChI is InChI=1S/C23H24N6/c1-15-5-7-18(8-6-15)22(19-9-12-24-13-10-19)27-23-25-14-11-20(26-23)21-16(2)28-29(4)17(21)3/h5-14,22H,1-4H3,(H,25,26,27). The van der Waals surface area contributed by atoms with Crippen LogP contribution in [0.3, 0.4) is 0 Å². The summed E-state index contributed by atoms with van der Waals surface area (Å²) in [5.74, 6) is 0.576. The lowest BCUT2D eigenvalue weighted by atomic mass is 9.99. The Bertz CT molecular complexity index is 1120. The molecule has 0 aliphatic rings. The summed E-state index contributed by atoms with van der Waals surface area (Å²) >= 11 is 0. The van der Waals surface area contributed by atoms with Crippen molar-refractivity contribution < 1.29 is 0 Å². The zero-order valence-corrected chi connectivity index (χ0v) is 17.1. The van der Waals surface area contributed by atoms with Crippen LogP contribution in [0.2, 0.25) is 0 Å². The maximum Gasteiger partial charge on any atom is 0.223 e. The molecule has 3 heterocycles. The second kappa shape index (κ2) is 7.83. The van der Waals surface area contributed by atoms with E-state index in [0.717, 1.165) is 33.8 Å². The molecule has 0 saturated carbocycles. The molecule has 3 aromatic heterocycles. The van der Waals surface area contributed by atoms with Crippen LogP contribution in [0.15, 0.2) is 61.1 Å². The molecule has 6 heteroatoms. The zero-order valence-electron chi connectivity index (χ0n) is 17.1. The highest BCUT2D eigenvalue weighted by Gasteiger charge is 2.17. The molecule has 0 saturated heterocycles. The molecule has 0 aliphatic carbocycles. The highest BCUT2D eigenvalue weighted by atomic mass is 15.3. The number of nitrogens with zero attached hydrogens (tertiary/aromatic N) is 5. The monoisotopic (exact) mass is 384 g/mol. The SMILES string of the molecule is Cc1ccc(C(Nc2nccc(-c3c(C)nn(C)c3C)n2)c2ccncc2)cc1. The number of rotatable bonds is 5. The Morgan fingerprint density at radius 3 is 2.21 bits per heavy atom. The van der Waals surface area contributed by atoms with Gasteiger partial charge in [0, 0.05) is 36.9 Å². The molecule has 4 aromatic rings. The van der Waals surface area contributed by atoms with Gasteiger partial charge < -0.3 is 5.32 Å². The molecule has 6 nitrogen and oxygen atoms in total. The zero-order chi connectivity index (χ0) is 20.4. The number of aryl methyl sites for hydroxylation is 3. The fourth-order valence-electron chi connectivity index (χ4n) is 3.51. The van der Waals surface area contributed by atoms with Gasteiger partial charge in [0.05, 0.1) is 17.4 Å². The van der Waals surface area contributed by atoms with Crippen molar-refractivity contribution >= 4 is 5.95 Å². The van der Waals surface area contributed by atoms with Gasteiger partial charge in [0.2, 0.25) is 5.95 Å². The predicted molar refractivity (Wildman–Crippen MR) is 115 cm³/mol. The summed E-state index contributed by atoms with van der Waals surface area (Å²) in [7, 11) is 1.95. The maximum absolute atomic E-state index is 4.80. The number of hydrogen-bond acceptors (Lipinski definition) is 5. The summed E-state index contributed by atoms with van der Waals surface area (Å²) in [5, 5.41) is 8.02. The van der Waals surface area contributed by atoms with E-state index in [9.17, 15) is 0 Å².